The predicted molar refractivity (Wildman–Crippen MR) is 92.4 cm³/mol. The van der Waals surface area contributed by atoms with E-state index in [1.807, 2.05) is 0 Å². The molecule has 0 bridgehead atoms. The van der Waals surface area contributed by atoms with Gasteiger partial charge in [0.1, 0.15) is 0 Å². The molecule has 0 amide bonds. The Morgan fingerprint density at radius 3 is 2.81 bits per heavy atom. The molecule has 2 aromatic heterocycles. The number of nitrogens with one attached hydrogen (secondary N) is 1. The van der Waals surface area contributed by atoms with Crippen LogP contribution in [0.5, 0.6) is 0 Å². The highest BCUT2D eigenvalue weighted by molar-refractivity contribution is 7.15. The number of nitrogens with zero attached hydrogens (tertiary/aromatic N) is 3. The SMILES string of the molecule is CCCC(C)N(C)c1nc2sccn2c1CNCC(C)C. The Morgan fingerprint density at radius 1 is 1.38 bits per heavy atom. The van der Waals surface area contributed by atoms with Gasteiger partial charge in [-0.25, -0.2) is 4.98 Å². The molecule has 0 aromatic carbocycles. The molecule has 0 saturated heterocycles. The van der Waals surface area contributed by atoms with Crippen molar-refractivity contribution in [1.82, 2.24) is 14.7 Å². The summed E-state index contributed by atoms with van der Waals surface area (Å²) in [6.45, 7) is 10.9. The van der Waals surface area contributed by atoms with Gasteiger partial charge in [-0.05, 0) is 25.8 Å². The highest BCUT2D eigenvalue weighted by atomic mass is 32.1. The normalized spacial score (nSPS) is 13.2. The van der Waals surface area contributed by atoms with Crippen molar-refractivity contribution in [2.75, 3.05) is 18.5 Å². The lowest BCUT2D eigenvalue weighted by atomic mass is 10.1. The van der Waals surface area contributed by atoms with Crippen molar-refractivity contribution in [1.29, 1.82) is 0 Å². The standard InChI is InChI=1S/C16H28N4S/c1-6-7-13(4)19(5)15-14(11-17-10-12(2)3)20-8-9-21-16(20)18-15/h8-9,12-13,17H,6-7,10-11H2,1-5H3. The van der Waals surface area contributed by atoms with Gasteiger partial charge in [-0.2, -0.15) is 0 Å². The summed E-state index contributed by atoms with van der Waals surface area (Å²) in [7, 11) is 2.17. The van der Waals surface area contributed by atoms with Gasteiger partial charge in [0.25, 0.3) is 0 Å². The van der Waals surface area contributed by atoms with Gasteiger partial charge in [0.2, 0.25) is 0 Å². The van der Waals surface area contributed by atoms with Crippen LogP contribution in [0.4, 0.5) is 5.82 Å². The van der Waals surface area contributed by atoms with E-state index in [4.69, 9.17) is 4.98 Å². The van der Waals surface area contributed by atoms with Crippen LogP contribution >= 0.6 is 11.3 Å². The molecule has 5 heteroatoms. The molecule has 0 aliphatic rings. The Bertz CT molecular complexity index is 558. The van der Waals surface area contributed by atoms with Gasteiger partial charge >= 0.3 is 0 Å². The molecule has 0 saturated carbocycles. The first-order chi connectivity index (χ1) is 10.0. The maximum atomic E-state index is 4.84. The molecule has 0 spiro atoms. The van der Waals surface area contributed by atoms with Crippen LogP contribution in [0.3, 0.4) is 0 Å². The Hall–Kier alpha value is -1.07. The van der Waals surface area contributed by atoms with Crippen LogP contribution in [-0.2, 0) is 6.54 Å². The van der Waals surface area contributed by atoms with Gasteiger partial charge in [0.15, 0.2) is 10.8 Å². The number of fused-ring (bicyclic) bond motifs is 1. The van der Waals surface area contributed by atoms with Gasteiger partial charge in [0.05, 0.1) is 5.69 Å². The largest absolute Gasteiger partial charge is 0.355 e. The third-order valence-corrected chi connectivity index (χ3v) is 4.64. The summed E-state index contributed by atoms with van der Waals surface area (Å²) in [6, 6.07) is 0.517. The zero-order valence-corrected chi connectivity index (χ0v) is 14.7. The third kappa shape index (κ3) is 3.77. The first kappa shape index (κ1) is 16.3. The van der Waals surface area contributed by atoms with Crippen LogP contribution in [0.25, 0.3) is 4.96 Å². The quantitative estimate of drug-likeness (QED) is 0.806. The second-order valence-electron chi connectivity index (χ2n) is 6.21. The summed E-state index contributed by atoms with van der Waals surface area (Å²) in [6.07, 6.45) is 4.52. The zero-order chi connectivity index (χ0) is 15.4. The predicted octanol–water partition coefficient (Wildman–Crippen LogP) is 3.77. The molecule has 1 N–H and O–H groups in total. The molecule has 2 aromatic rings. The van der Waals surface area contributed by atoms with E-state index >= 15 is 0 Å². The number of hydrogen-bond acceptors (Lipinski definition) is 4. The maximum Gasteiger partial charge on any atom is 0.195 e. The van der Waals surface area contributed by atoms with Gasteiger partial charge in [0, 0.05) is 31.2 Å². The van der Waals surface area contributed by atoms with Crippen LogP contribution in [0, 0.1) is 5.92 Å². The number of anilines is 1. The van der Waals surface area contributed by atoms with Crippen LogP contribution in [-0.4, -0.2) is 29.0 Å². The lowest BCUT2D eigenvalue weighted by Gasteiger charge is -2.26. The lowest BCUT2D eigenvalue weighted by molar-refractivity contribution is 0.545. The Kier molecular flexibility index (Phi) is 5.65. The molecule has 0 aliphatic carbocycles. The molecule has 1 atom stereocenters. The lowest BCUT2D eigenvalue weighted by Crippen LogP contribution is -2.30. The fourth-order valence-corrected chi connectivity index (χ4v) is 3.30. The minimum absolute atomic E-state index is 0.517. The molecule has 0 fully saturated rings. The summed E-state index contributed by atoms with van der Waals surface area (Å²) in [5.74, 6) is 1.79. The monoisotopic (exact) mass is 308 g/mol. The molecular formula is C16H28N4S. The Balaban J connectivity index is 2.23. The van der Waals surface area contributed by atoms with Crippen molar-refractivity contribution in [3.05, 3.63) is 17.3 Å². The summed E-state index contributed by atoms with van der Waals surface area (Å²) in [5.41, 5.74) is 1.28. The third-order valence-electron chi connectivity index (χ3n) is 3.89. The molecule has 118 valence electrons. The molecule has 0 radical (unpaired) electrons. The average Bonchev–Trinajstić information content (AvgIpc) is 3.00. The van der Waals surface area contributed by atoms with Gasteiger partial charge in [-0.15, -0.1) is 11.3 Å². The summed E-state index contributed by atoms with van der Waals surface area (Å²) in [5, 5.41) is 5.66. The van der Waals surface area contributed by atoms with E-state index in [0.29, 0.717) is 12.0 Å². The van der Waals surface area contributed by atoms with Crippen molar-refractivity contribution >= 4 is 22.1 Å². The van der Waals surface area contributed by atoms with E-state index in [9.17, 15) is 0 Å². The first-order valence-corrected chi connectivity index (χ1v) is 8.80. The molecule has 21 heavy (non-hydrogen) atoms. The minimum Gasteiger partial charge on any atom is -0.355 e. The highest BCUT2D eigenvalue weighted by Gasteiger charge is 2.19. The number of imidazole rings is 1. The zero-order valence-electron chi connectivity index (χ0n) is 13.9. The van der Waals surface area contributed by atoms with Crippen LogP contribution in [0.2, 0.25) is 0 Å². The summed E-state index contributed by atoms with van der Waals surface area (Å²) < 4.78 is 2.22. The average molecular weight is 308 g/mol. The maximum absolute atomic E-state index is 4.84. The van der Waals surface area contributed by atoms with Crippen molar-refractivity contribution in [3.8, 4) is 0 Å². The summed E-state index contributed by atoms with van der Waals surface area (Å²) in [4.78, 5) is 8.26. The topological polar surface area (TPSA) is 32.6 Å². The molecule has 2 heterocycles. The summed E-state index contributed by atoms with van der Waals surface area (Å²) >= 11 is 1.70. The van der Waals surface area contributed by atoms with E-state index in [2.05, 4.69) is 60.9 Å². The van der Waals surface area contributed by atoms with Gasteiger partial charge in [-0.1, -0.05) is 27.2 Å². The minimum atomic E-state index is 0.517. The van der Waals surface area contributed by atoms with E-state index in [1.54, 1.807) is 11.3 Å². The van der Waals surface area contributed by atoms with Gasteiger partial charge in [-0.3, -0.25) is 4.40 Å². The van der Waals surface area contributed by atoms with Gasteiger partial charge < -0.3 is 10.2 Å². The van der Waals surface area contributed by atoms with Crippen molar-refractivity contribution in [2.45, 2.75) is 53.1 Å². The Morgan fingerprint density at radius 2 is 2.14 bits per heavy atom. The van der Waals surface area contributed by atoms with Crippen molar-refractivity contribution in [2.24, 2.45) is 5.92 Å². The van der Waals surface area contributed by atoms with E-state index in [-0.39, 0.29) is 0 Å². The van der Waals surface area contributed by atoms with E-state index in [0.717, 1.165) is 23.9 Å². The van der Waals surface area contributed by atoms with Crippen LogP contribution < -0.4 is 10.2 Å². The molecule has 1 unspecified atom stereocenters. The second-order valence-corrected chi connectivity index (χ2v) is 7.08. The van der Waals surface area contributed by atoms with E-state index < -0.39 is 0 Å². The second kappa shape index (κ2) is 7.27. The van der Waals surface area contributed by atoms with Crippen molar-refractivity contribution in [3.63, 3.8) is 0 Å². The number of rotatable bonds is 8. The van der Waals surface area contributed by atoms with E-state index in [1.165, 1.54) is 18.5 Å². The number of hydrogen-bond donors (Lipinski definition) is 1. The van der Waals surface area contributed by atoms with Crippen LogP contribution in [0.15, 0.2) is 11.6 Å². The number of aromatic nitrogens is 2. The smallest absolute Gasteiger partial charge is 0.195 e. The Labute approximate surface area is 132 Å². The first-order valence-electron chi connectivity index (χ1n) is 7.92. The molecule has 0 aliphatic heterocycles. The fraction of sp³-hybridized carbons (Fsp3) is 0.688. The fourth-order valence-electron chi connectivity index (χ4n) is 2.57. The highest BCUT2D eigenvalue weighted by Crippen LogP contribution is 2.26. The molecular weight excluding hydrogens is 280 g/mol. The number of thiazole rings is 1. The van der Waals surface area contributed by atoms with Crippen molar-refractivity contribution < 1.29 is 0 Å². The van der Waals surface area contributed by atoms with Crippen LogP contribution in [0.1, 0.15) is 46.2 Å². The molecule has 4 nitrogen and oxygen atoms in total. The molecule has 2 rings (SSSR count).